The molecule has 160 valence electrons. The fraction of sp³-hybridized carbons (Fsp3) is 0.120. The van der Waals surface area contributed by atoms with E-state index in [9.17, 15) is 13.9 Å². The minimum Gasteiger partial charge on any atom is -0.237 e. The Bertz CT molecular complexity index is 1430. The Morgan fingerprint density at radius 2 is 1.69 bits per heavy atom. The van der Waals surface area contributed by atoms with Crippen LogP contribution >= 0.6 is 0 Å². The van der Waals surface area contributed by atoms with Crippen molar-refractivity contribution in [1.82, 2.24) is 3.97 Å². The summed E-state index contributed by atoms with van der Waals surface area (Å²) in [4.78, 5) is 3.23. The summed E-state index contributed by atoms with van der Waals surface area (Å²) >= 11 is 0. The maximum Gasteiger partial charge on any atom is 0.268 e. The van der Waals surface area contributed by atoms with Gasteiger partial charge in [-0.05, 0) is 48.2 Å². The molecule has 0 bridgehead atoms. The number of nitrogens with zero attached hydrogens (tertiary/aromatic N) is 4. The van der Waals surface area contributed by atoms with Gasteiger partial charge in [-0.1, -0.05) is 77.4 Å². The van der Waals surface area contributed by atoms with E-state index in [1.165, 1.54) is 3.97 Å². The molecule has 0 N–H and O–H groups in total. The maximum atomic E-state index is 13.9. The summed E-state index contributed by atoms with van der Waals surface area (Å²) in [5, 5.41) is 4.83. The maximum absolute atomic E-state index is 13.9. The molecule has 0 amide bonds. The second-order valence-corrected chi connectivity index (χ2v) is 9.26. The average molecular weight is 443 g/mol. The number of rotatable bonds is 7. The van der Waals surface area contributed by atoms with Crippen molar-refractivity contribution in [3.63, 3.8) is 0 Å². The van der Waals surface area contributed by atoms with Crippen LogP contribution in [0.4, 0.5) is 0 Å². The van der Waals surface area contributed by atoms with Crippen molar-refractivity contribution in [2.75, 3.05) is 0 Å². The molecule has 3 aromatic carbocycles. The fourth-order valence-corrected chi connectivity index (χ4v) is 5.55. The lowest BCUT2D eigenvalue weighted by Crippen LogP contribution is -2.18. The number of hydrogen-bond acceptors (Lipinski definition) is 3. The van der Waals surface area contributed by atoms with Crippen LogP contribution < -0.4 is 0 Å². The zero-order chi connectivity index (χ0) is 22.7. The van der Waals surface area contributed by atoms with Crippen molar-refractivity contribution in [2.24, 2.45) is 5.11 Å². The van der Waals surface area contributed by atoms with Gasteiger partial charge in [-0.3, -0.25) is 0 Å². The van der Waals surface area contributed by atoms with Crippen LogP contribution in [-0.2, 0) is 16.4 Å². The summed E-state index contributed by atoms with van der Waals surface area (Å²) < 4.78 is 29.2. The molecule has 32 heavy (non-hydrogen) atoms. The first-order valence-electron chi connectivity index (χ1n) is 10.1. The van der Waals surface area contributed by atoms with Gasteiger partial charge in [0, 0.05) is 10.3 Å². The largest absolute Gasteiger partial charge is 0.268 e. The average Bonchev–Trinajstić information content (AvgIpc) is 3.13. The van der Waals surface area contributed by atoms with Crippen molar-refractivity contribution in [3.05, 3.63) is 124 Å². The third kappa shape index (κ3) is 3.68. The number of hydrogen-bond donors (Lipinski definition) is 0. The molecular weight excluding hydrogens is 420 g/mol. The van der Waals surface area contributed by atoms with Crippen LogP contribution in [0.15, 0.2) is 102 Å². The van der Waals surface area contributed by atoms with E-state index < -0.39 is 16.1 Å². The lowest BCUT2D eigenvalue weighted by atomic mass is 9.98. The van der Waals surface area contributed by atoms with Gasteiger partial charge in [0.2, 0.25) is 0 Å². The lowest BCUT2D eigenvalue weighted by molar-refractivity contribution is 0.585. The van der Waals surface area contributed by atoms with E-state index in [2.05, 4.69) is 16.6 Å². The first kappa shape index (κ1) is 21.4. The van der Waals surface area contributed by atoms with Crippen LogP contribution in [-0.4, -0.2) is 12.4 Å². The van der Waals surface area contributed by atoms with Crippen LogP contribution in [0, 0.1) is 6.92 Å². The number of allylic oxidation sites excluding steroid dienone is 1. The third-order valence-corrected chi connectivity index (χ3v) is 7.17. The van der Waals surface area contributed by atoms with Gasteiger partial charge >= 0.3 is 0 Å². The van der Waals surface area contributed by atoms with E-state index in [-0.39, 0.29) is 4.90 Å². The van der Waals surface area contributed by atoms with Gasteiger partial charge in [-0.15, -0.1) is 6.58 Å². The highest BCUT2D eigenvalue weighted by Crippen LogP contribution is 2.38. The van der Waals surface area contributed by atoms with E-state index in [1.807, 2.05) is 49.4 Å². The molecule has 0 aliphatic carbocycles. The highest BCUT2D eigenvalue weighted by molar-refractivity contribution is 7.90. The minimum atomic E-state index is -3.98. The molecule has 1 heterocycles. The quantitative estimate of drug-likeness (QED) is 0.145. The van der Waals surface area contributed by atoms with Gasteiger partial charge in [-0.25, -0.2) is 12.4 Å². The lowest BCUT2D eigenvalue weighted by Gasteiger charge is -2.19. The number of azide groups is 1. The smallest absolute Gasteiger partial charge is 0.237 e. The predicted molar refractivity (Wildman–Crippen MR) is 127 cm³/mol. The van der Waals surface area contributed by atoms with Crippen LogP contribution in [0.25, 0.3) is 21.3 Å². The van der Waals surface area contributed by atoms with E-state index in [1.54, 1.807) is 42.5 Å². The molecular formula is C25H22N4O2S. The molecule has 0 aliphatic rings. The molecule has 0 aliphatic heterocycles. The Balaban J connectivity index is 2.14. The summed E-state index contributed by atoms with van der Waals surface area (Å²) in [5.74, 6) is 0. The molecule has 4 aromatic rings. The summed E-state index contributed by atoms with van der Waals surface area (Å²) in [6, 6.07) is 22.4. The summed E-state index contributed by atoms with van der Waals surface area (Å²) in [6.45, 7) is 5.76. The van der Waals surface area contributed by atoms with E-state index >= 15 is 0 Å². The fourth-order valence-electron chi connectivity index (χ4n) is 3.97. The first-order valence-corrected chi connectivity index (χ1v) is 11.6. The molecule has 4 rings (SSSR count). The molecule has 0 saturated heterocycles. The van der Waals surface area contributed by atoms with Crippen molar-refractivity contribution in [3.8, 4) is 0 Å². The number of aromatic nitrogens is 1. The number of aryl methyl sites for hydroxylation is 1. The minimum absolute atomic E-state index is 0.169. The number of fused-ring (bicyclic) bond motifs is 1. The highest BCUT2D eigenvalue weighted by Gasteiger charge is 2.31. The third-order valence-electron chi connectivity index (χ3n) is 5.43. The second kappa shape index (κ2) is 8.75. The topological polar surface area (TPSA) is 87.8 Å². The second-order valence-electron chi connectivity index (χ2n) is 7.47. The normalized spacial score (nSPS) is 12.3. The zero-order valence-electron chi connectivity index (χ0n) is 17.6. The molecule has 0 saturated carbocycles. The molecule has 0 radical (unpaired) electrons. The van der Waals surface area contributed by atoms with Gasteiger partial charge in [0.25, 0.3) is 10.0 Å². The van der Waals surface area contributed by atoms with E-state index in [4.69, 9.17) is 0 Å². The monoisotopic (exact) mass is 442 g/mol. The van der Waals surface area contributed by atoms with Crippen molar-refractivity contribution < 1.29 is 8.42 Å². The molecule has 1 unspecified atom stereocenters. The zero-order valence-corrected chi connectivity index (χ0v) is 18.4. The van der Waals surface area contributed by atoms with E-state index in [0.717, 1.165) is 16.5 Å². The van der Waals surface area contributed by atoms with Crippen LogP contribution in [0.5, 0.6) is 0 Å². The molecule has 0 fully saturated rings. The van der Waals surface area contributed by atoms with E-state index in [0.29, 0.717) is 23.2 Å². The molecule has 0 spiro atoms. The summed E-state index contributed by atoms with van der Waals surface area (Å²) in [7, 11) is -3.98. The molecule has 7 heteroatoms. The van der Waals surface area contributed by atoms with Crippen molar-refractivity contribution in [2.45, 2.75) is 24.3 Å². The number of para-hydroxylation sites is 1. The van der Waals surface area contributed by atoms with Gasteiger partial charge in [0.15, 0.2) is 0 Å². The Morgan fingerprint density at radius 1 is 1.03 bits per heavy atom. The van der Waals surface area contributed by atoms with Gasteiger partial charge in [0.1, 0.15) is 6.04 Å². The van der Waals surface area contributed by atoms with Crippen molar-refractivity contribution in [1.29, 1.82) is 0 Å². The van der Waals surface area contributed by atoms with Gasteiger partial charge in [-0.2, -0.15) is 0 Å². The number of benzene rings is 3. The predicted octanol–water partition coefficient (Wildman–Crippen LogP) is 6.31. The molecule has 1 atom stereocenters. The molecule has 6 nitrogen and oxygen atoms in total. The van der Waals surface area contributed by atoms with Crippen molar-refractivity contribution >= 4 is 20.9 Å². The Labute approximate surface area is 187 Å². The SMILES string of the molecule is C=CCc1c(C(N=[N+]=[N-])c2ccccc2)n(S(=O)(=O)c2ccc(C)cc2)c2ccccc12. The highest BCUT2D eigenvalue weighted by atomic mass is 32.2. The van der Waals surface area contributed by atoms with Gasteiger partial charge < -0.3 is 0 Å². The first-order chi connectivity index (χ1) is 15.5. The standard InChI is InChI=1S/C25H22N4O2S/c1-3-9-22-21-12-7-8-13-23(21)29(32(30,31)20-16-14-18(2)15-17-20)25(22)24(27-28-26)19-10-5-4-6-11-19/h3-8,10-17,24H,1,9H2,2H3. The Morgan fingerprint density at radius 3 is 2.34 bits per heavy atom. The van der Waals surface area contributed by atoms with Crippen LogP contribution in [0.1, 0.15) is 28.4 Å². The van der Waals surface area contributed by atoms with Gasteiger partial charge in [0.05, 0.1) is 16.1 Å². The van der Waals surface area contributed by atoms with Crippen LogP contribution in [0.2, 0.25) is 0 Å². The summed E-state index contributed by atoms with van der Waals surface area (Å²) in [5.41, 5.74) is 12.8. The van der Waals surface area contributed by atoms with Crippen LogP contribution in [0.3, 0.4) is 0 Å². The Kier molecular flexibility index (Phi) is 5.86. The molecule has 1 aromatic heterocycles. The Hall–Kier alpha value is -3.80. The summed E-state index contributed by atoms with van der Waals surface area (Å²) in [6.07, 6.45) is 2.16.